The maximum Gasteiger partial charge on any atom is 0.267 e. The van der Waals surface area contributed by atoms with E-state index in [0.717, 1.165) is 0 Å². The summed E-state index contributed by atoms with van der Waals surface area (Å²) < 4.78 is 6.84. The number of hydrogen-bond donors (Lipinski definition) is 0. The van der Waals surface area contributed by atoms with Crippen molar-refractivity contribution < 1.29 is 9.53 Å². The third-order valence-electron chi connectivity index (χ3n) is 2.56. The standard InChI is InChI=1S/C13H11IN2O3/c1-19-10-4-2-3-9(5-10)12(17)7-16-8-15-6-11(14)13(16)18/h2-6,8H,7H2,1H3. The Bertz CT molecular complexity index is 667. The molecule has 0 amide bonds. The second-order valence-electron chi connectivity index (χ2n) is 3.83. The van der Waals surface area contributed by atoms with Crippen LogP contribution in [0.2, 0.25) is 0 Å². The summed E-state index contributed by atoms with van der Waals surface area (Å²) in [6.07, 6.45) is 2.83. The first-order valence-electron chi connectivity index (χ1n) is 5.49. The predicted molar refractivity (Wildman–Crippen MR) is 78.5 cm³/mol. The topological polar surface area (TPSA) is 61.2 Å². The molecule has 0 radical (unpaired) electrons. The lowest BCUT2D eigenvalue weighted by molar-refractivity contribution is 0.0970. The monoisotopic (exact) mass is 370 g/mol. The Labute approximate surface area is 123 Å². The van der Waals surface area contributed by atoms with Crippen LogP contribution >= 0.6 is 22.6 Å². The maximum absolute atomic E-state index is 12.1. The minimum Gasteiger partial charge on any atom is -0.497 e. The number of benzene rings is 1. The van der Waals surface area contributed by atoms with Gasteiger partial charge >= 0.3 is 0 Å². The van der Waals surface area contributed by atoms with Crippen LogP contribution in [0.15, 0.2) is 41.6 Å². The number of rotatable bonds is 4. The third-order valence-corrected chi connectivity index (χ3v) is 3.30. The van der Waals surface area contributed by atoms with Crippen LogP contribution in [0.4, 0.5) is 0 Å². The van der Waals surface area contributed by atoms with Crippen molar-refractivity contribution in [1.29, 1.82) is 0 Å². The molecular formula is C13H11IN2O3. The van der Waals surface area contributed by atoms with Gasteiger partial charge in [0.2, 0.25) is 0 Å². The van der Waals surface area contributed by atoms with E-state index < -0.39 is 0 Å². The van der Waals surface area contributed by atoms with Gasteiger partial charge in [-0.15, -0.1) is 0 Å². The highest BCUT2D eigenvalue weighted by molar-refractivity contribution is 14.1. The summed E-state index contributed by atoms with van der Waals surface area (Å²) in [6, 6.07) is 6.84. The van der Waals surface area contributed by atoms with E-state index in [0.29, 0.717) is 14.9 Å². The van der Waals surface area contributed by atoms with Crippen LogP contribution in [0.1, 0.15) is 10.4 Å². The second-order valence-corrected chi connectivity index (χ2v) is 4.99. The largest absolute Gasteiger partial charge is 0.497 e. The summed E-state index contributed by atoms with van der Waals surface area (Å²) in [7, 11) is 1.54. The number of hydrogen-bond acceptors (Lipinski definition) is 4. The summed E-state index contributed by atoms with van der Waals surface area (Å²) in [5, 5.41) is 0. The molecule has 0 saturated carbocycles. The Kier molecular flexibility index (Phi) is 4.31. The molecule has 0 fully saturated rings. The molecular weight excluding hydrogens is 359 g/mol. The Morgan fingerprint density at radius 3 is 3.00 bits per heavy atom. The van der Waals surface area contributed by atoms with E-state index in [1.807, 2.05) is 22.6 Å². The van der Waals surface area contributed by atoms with Gasteiger partial charge in [-0.25, -0.2) is 4.98 Å². The average molecular weight is 370 g/mol. The van der Waals surface area contributed by atoms with Crippen LogP contribution in [0, 0.1) is 3.57 Å². The van der Waals surface area contributed by atoms with Gasteiger partial charge in [-0.05, 0) is 34.7 Å². The summed E-state index contributed by atoms with van der Waals surface area (Å²) >= 11 is 1.90. The Morgan fingerprint density at radius 2 is 2.26 bits per heavy atom. The zero-order chi connectivity index (χ0) is 13.8. The first kappa shape index (κ1) is 13.7. The number of halogens is 1. The van der Waals surface area contributed by atoms with Gasteiger partial charge in [0, 0.05) is 11.8 Å². The van der Waals surface area contributed by atoms with Crippen molar-refractivity contribution in [1.82, 2.24) is 9.55 Å². The van der Waals surface area contributed by atoms with Crippen LogP contribution in [0.5, 0.6) is 5.75 Å². The lowest BCUT2D eigenvalue weighted by Crippen LogP contribution is -2.26. The van der Waals surface area contributed by atoms with Crippen molar-refractivity contribution in [3.63, 3.8) is 0 Å². The molecule has 2 aromatic rings. The van der Waals surface area contributed by atoms with Crippen LogP contribution in [0.25, 0.3) is 0 Å². The molecule has 0 bridgehead atoms. The second kappa shape index (κ2) is 5.96. The van der Waals surface area contributed by atoms with Crippen molar-refractivity contribution >= 4 is 28.4 Å². The van der Waals surface area contributed by atoms with Gasteiger partial charge in [0.15, 0.2) is 5.78 Å². The molecule has 1 aromatic carbocycles. The minimum atomic E-state index is -0.216. The van der Waals surface area contributed by atoms with E-state index >= 15 is 0 Å². The molecule has 2 rings (SSSR count). The SMILES string of the molecule is COc1cccc(C(=O)Cn2cncc(I)c2=O)c1. The van der Waals surface area contributed by atoms with E-state index in [2.05, 4.69) is 4.98 Å². The van der Waals surface area contributed by atoms with Crippen LogP contribution in [0.3, 0.4) is 0 Å². The average Bonchev–Trinajstić information content (AvgIpc) is 2.44. The fraction of sp³-hybridized carbons (Fsp3) is 0.154. The van der Waals surface area contributed by atoms with Gasteiger partial charge in [-0.3, -0.25) is 14.2 Å². The number of carbonyl (C=O) groups is 1. The van der Waals surface area contributed by atoms with Gasteiger partial charge in [0.1, 0.15) is 5.75 Å². The number of carbonyl (C=O) groups excluding carboxylic acids is 1. The Morgan fingerprint density at radius 1 is 1.47 bits per heavy atom. The van der Waals surface area contributed by atoms with Crippen molar-refractivity contribution in [3.8, 4) is 5.75 Å². The summed E-state index contributed by atoms with van der Waals surface area (Å²) in [5.41, 5.74) is 0.289. The highest BCUT2D eigenvalue weighted by Crippen LogP contribution is 2.13. The van der Waals surface area contributed by atoms with Crippen LogP contribution in [-0.4, -0.2) is 22.4 Å². The molecule has 1 aromatic heterocycles. The van der Waals surface area contributed by atoms with Crippen molar-refractivity contribution in [2.75, 3.05) is 7.11 Å². The minimum absolute atomic E-state index is 0.0319. The summed E-state index contributed by atoms with van der Waals surface area (Å²) in [6.45, 7) is -0.0319. The molecule has 1 heterocycles. The first-order chi connectivity index (χ1) is 9.11. The van der Waals surface area contributed by atoms with Crippen molar-refractivity contribution in [2.45, 2.75) is 6.54 Å². The molecule has 0 atom stereocenters. The lowest BCUT2D eigenvalue weighted by Gasteiger charge is -2.06. The van der Waals surface area contributed by atoms with Crippen molar-refractivity contribution in [2.24, 2.45) is 0 Å². The van der Waals surface area contributed by atoms with Crippen LogP contribution in [-0.2, 0) is 6.54 Å². The van der Waals surface area contributed by atoms with E-state index in [1.165, 1.54) is 24.2 Å². The number of methoxy groups -OCH3 is 1. The number of ketones is 1. The van der Waals surface area contributed by atoms with E-state index in [4.69, 9.17) is 4.74 Å². The third kappa shape index (κ3) is 3.19. The molecule has 0 saturated heterocycles. The molecule has 98 valence electrons. The molecule has 6 heteroatoms. The number of nitrogens with zero attached hydrogens (tertiary/aromatic N) is 2. The van der Waals surface area contributed by atoms with E-state index in [1.54, 1.807) is 24.3 Å². The number of Topliss-reactive ketones (excluding diaryl/α,β-unsaturated/α-hetero) is 1. The van der Waals surface area contributed by atoms with Gasteiger partial charge in [0.25, 0.3) is 5.56 Å². The van der Waals surface area contributed by atoms with Gasteiger partial charge in [0.05, 0.1) is 23.6 Å². The predicted octanol–water partition coefficient (Wildman–Crippen LogP) is 1.74. The molecule has 19 heavy (non-hydrogen) atoms. The van der Waals surface area contributed by atoms with Crippen molar-refractivity contribution in [3.05, 3.63) is 56.3 Å². The van der Waals surface area contributed by atoms with Gasteiger partial charge in [-0.1, -0.05) is 12.1 Å². The fourth-order valence-electron chi connectivity index (χ4n) is 1.58. The van der Waals surface area contributed by atoms with E-state index in [9.17, 15) is 9.59 Å². The molecule has 5 nitrogen and oxygen atoms in total. The molecule has 0 unspecified atom stereocenters. The molecule has 0 aliphatic carbocycles. The summed E-state index contributed by atoms with van der Waals surface area (Å²) in [5.74, 6) is 0.448. The Hall–Kier alpha value is -1.70. The lowest BCUT2D eigenvalue weighted by atomic mass is 10.1. The Balaban J connectivity index is 2.25. The zero-order valence-corrected chi connectivity index (χ0v) is 12.3. The molecule has 0 spiro atoms. The highest BCUT2D eigenvalue weighted by atomic mass is 127. The fourth-order valence-corrected chi connectivity index (χ4v) is 2.05. The summed E-state index contributed by atoms with van der Waals surface area (Å²) in [4.78, 5) is 27.8. The molecule has 0 aliphatic heterocycles. The van der Waals surface area contributed by atoms with Gasteiger partial charge < -0.3 is 4.74 Å². The number of aromatic nitrogens is 2. The molecule has 0 N–H and O–H groups in total. The highest BCUT2D eigenvalue weighted by Gasteiger charge is 2.10. The smallest absolute Gasteiger partial charge is 0.267 e. The zero-order valence-electron chi connectivity index (χ0n) is 10.2. The maximum atomic E-state index is 12.1. The van der Waals surface area contributed by atoms with Gasteiger partial charge in [-0.2, -0.15) is 0 Å². The molecule has 0 aliphatic rings. The number of ether oxygens (including phenoxy) is 1. The first-order valence-corrected chi connectivity index (χ1v) is 6.57. The quantitative estimate of drug-likeness (QED) is 0.608. The van der Waals surface area contributed by atoms with E-state index in [-0.39, 0.29) is 17.9 Å². The normalized spacial score (nSPS) is 10.2. The van der Waals surface area contributed by atoms with Crippen LogP contribution < -0.4 is 10.3 Å².